The average Bonchev–Trinajstić information content (AvgIpc) is 3.23. The van der Waals surface area contributed by atoms with Crippen molar-refractivity contribution in [1.82, 2.24) is 4.37 Å². The minimum absolute atomic E-state index is 0.620. The maximum atomic E-state index is 4.53. The Bertz CT molecular complexity index is 694. The van der Waals surface area contributed by atoms with Gasteiger partial charge in [0.15, 0.2) is 0 Å². The lowest BCUT2D eigenvalue weighted by Gasteiger charge is -2.56. The molecule has 1 aromatic rings. The first-order valence-electron chi connectivity index (χ1n) is 12.4. The Kier molecular flexibility index (Phi) is 5.17. The van der Waals surface area contributed by atoms with E-state index in [9.17, 15) is 0 Å². The second kappa shape index (κ2) is 7.40. The van der Waals surface area contributed by atoms with E-state index in [1.165, 1.54) is 42.7 Å². The lowest BCUT2D eigenvalue weighted by Crippen LogP contribution is -2.49. The van der Waals surface area contributed by atoms with Crippen molar-refractivity contribution in [2.24, 2.45) is 52.8 Å². The van der Waals surface area contributed by atoms with E-state index >= 15 is 0 Å². The van der Waals surface area contributed by atoms with E-state index in [1.54, 1.807) is 43.6 Å². The van der Waals surface area contributed by atoms with Crippen molar-refractivity contribution in [3.63, 3.8) is 0 Å². The van der Waals surface area contributed by atoms with Crippen LogP contribution in [0.5, 0.6) is 0 Å². The smallest absolute Gasteiger partial charge is 0.0514 e. The van der Waals surface area contributed by atoms with Gasteiger partial charge in [-0.2, -0.15) is 4.37 Å². The van der Waals surface area contributed by atoms with Crippen molar-refractivity contribution in [2.45, 2.75) is 91.9 Å². The summed E-state index contributed by atoms with van der Waals surface area (Å²) < 4.78 is 4.53. The molecule has 5 rings (SSSR count). The Morgan fingerprint density at radius 1 is 1.07 bits per heavy atom. The summed E-state index contributed by atoms with van der Waals surface area (Å²) in [6.45, 7) is 9.92. The standard InChI is InChI=1S/C26H41NS/c1-16-5-7-21-19(13-16)6-8-23-22(21)11-12-26(4)24(9-10-25(23)26)17(2)14-20-15-18(3)27-28-20/h15-17,19,21-25H,5-14H2,1-4H3/t16-,17+,19+,21-,22?,23+,24?,25?,26+/m0/s1. The van der Waals surface area contributed by atoms with Gasteiger partial charge >= 0.3 is 0 Å². The summed E-state index contributed by atoms with van der Waals surface area (Å²) in [5.41, 5.74) is 1.83. The van der Waals surface area contributed by atoms with Gasteiger partial charge in [-0.3, -0.25) is 0 Å². The van der Waals surface area contributed by atoms with Gasteiger partial charge in [0.1, 0.15) is 0 Å². The summed E-state index contributed by atoms with van der Waals surface area (Å²) >= 11 is 1.75. The van der Waals surface area contributed by atoms with E-state index in [0.29, 0.717) is 5.41 Å². The normalized spacial score (nSPS) is 46.5. The third-order valence-corrected chi connectivity index (χ3v) is 11.1. The Balaban J connectivity index is 1.31. The molecule has 28 heavy (non-hydrogen) atoms. The quantitative estimate of drug-likeness (QED) is 0.511. The molecule has 0 aromatic carbocycles. The molecule has 0 N–H and O–H groups in total. The minimum Gasteiger partial charge on any atom is -0.198 e. The summed E-state index contributed by atoms with van der Waals surface area (Å²) in [5.74, 6) is 8.11. The van der Waals surface area contributed by atoms with Crippen LogP contribution in [0.25, 0.3) is 0 Å². The number of hydrogen-bond acceptors (Lipinski definition) is 2. The van der Waals surface area contributed by atoms with E-state index in [2.05, 4.69) is 38.1 Å². The van der Waals surface area contributed by atoms with Gasteiger partial charge in [-0.1, -0.05) is 27.2 Å². The molecule has 0 saturated heterocycles. The van der Waals surface area contributed by atoms with Crippen molar-refractivity contribution in [3.05, 3.63) is 16.6 Å². The maximum absolute atomic E-state index is 4.53. The molecular formula is C26H41NS. The molecule has 0 amide bonds. The third kappa shape index (κ3) is 3.21. The largest absolute Gasteiger partial charge is 0.198 e. The fourth-order valence-corrected chi connectivity index (χ4v) is 9.91. The van der Waals surface area contributed by atoms with Gasteiger partial charge in [-0.15, -0.1) is 0 Å². The fraction of sp³-hybridized carbons (Fsp3) is 0.885. The number of hydrogen-bond donors (Lipinski definition) is 0. The van der Waals surface area contributed by atoms with Gasteiger partial charge in [-0.05, 0) is 135 Å². The molecule has 9 atom stereocenters. The lowest BCUT2D eigenvalue weighted by atomic mass is 9.48. The number of aryl methyl sites for hydroxylation is 1. The van der Waals surface area contributed by atoms with Crippen LogP contribution in [0.3, 0.4) is 0 Å². The Morgan fingerprint density at radius 2 is 1.89 bits per heavy atom. The highest BCUT2D eigenvalue weighted by molar-refractivity contribution is 7.05. The number of rotatable bonds is 3. The zero-order valence-corrected chi connectivity index (χ0v) is 19.4. The molecule has 4 aliphatic carbocycles. The van der Waals surface area contributed by atoms with Gasteiger partial charge < -0.3 is 0 Å². The molecule has 0 bridgehead atoms. The molecule has 0 spiro atoms. The minimum atomic E-state index is 0.620. The van der Waals surface area contributed by atoms with Crippen LogP contribution in [0.4, 0.5) is 0 Å². The number of fused-ring (bicyclic) bond motifs is 5. The van der Waals surface area contributed by atoms with Crippen molar-refractivity contribution in [1.29, 1.82) is 0 Å². The third-order valence-electron chi connectivity index (χ3n) is 10.2. The lowest BCUT2D eigenvalue weighted by molar-refractivity contribution is -0.0727. The molecule has 4 fully saturated rings. The fourth-order valence-electron chi connectivity index (χ4n) is 9.04. The summed E-state index contributed by atoms with van der Waals surface area (Å²) in [6.07, 6.45) is 15.1. The number of aromatic nitrogens is 1. The molecule has 1 nitrogen and oxygen atoms in total. The zero-order chi connectivity index (χ0) is 19.5. The Hall–Kier alpha value is -0.370. The molecule has 4 aliphatic rings. The Morgan fingerprint density at radius 3 is 2.68 bits per heavy atom. The first-order chi connectivity index (χ1) is 13.5. The number of nitrogens with zero attached hydrogens (tertiary/aromatic N) is 1. The maximum Gasteiger partial charge on any atom is 0.0514 e. The van der Waals surface area contributed by atoms with E-state index in [4.69, 9.17) is 0 Å². The van der Waals surface area contributed by atoms with E-state index in [1.807, 2.05) is 0 Å². The molecule has 156 valence electrons. The topological polar surface area (TPSA) is 12.9 Å². The molecular weight excluding hydrogens is 358 g/mol. The summed E-state index contributed by atoms with van der Waals surface area (Å²) in [7, 11) is 0. The zero-order valence-electron chi connectivity index (χ0n) is 18.6. The predicted molar refractivity (Wildman–Crippen MR) is 119 cm³/mol. The van der Waals surface area contributed by atoms with Gasteiger partial charge in [0, 0.05) is 4.88 Å². The van der Waals surface area contributed by atoms with E-state index < -0.39 is 0 Å². The highest BCUT2D eigenvalue weighted by atomic mass is 32.1. The molecule has 2 heteroatoms. The second-order valence-electron chi connectivity index (χ2n) is 11.7. The van der Waals surface area contributed by atoms with Crippen LogP contribution in [0.1, 0.15) is 89.1 Å². The van der Waals surface area contributed by atoms with Crippen LogP contribution in [0.2, 0.25) is 0 Å². The van der Waals surface area contributed by atoms with Crippen molar-refractivity contribution >= 4 is 11.5 Å². The first-order valence-corrected chi connectivity index (χ1v) is 13.1. The van der Waals surface area contributed by atoms with Gasteiger partial charge in [0.05, 0.1) is 5.69 Å². The first kappa shape index (κ1) is 19.6. The molecule has 3 unspecified atom stereocenters. The molecule has 4 saturated carbocycles. The van der Waals surface area contributed by atoms with Crippen molar-refractivity contribution < 1.29 is 0 Å². The molecule has 1 heterocycles. The molecule has 0 radical (unpaired) electrons. The highest BCUT2D eigenvalue weighted by Gasteiger charge is 2.57. The van der Waals surface area contributed by atoms with Crippen LogP contribution < -0.4 is 0 Å². The Labute approximate surface area is 177 Å². The van der Waals surface area contributed by atoms with Crippen LogP contribution in [0, 0.1) is 59.7 Å². The van der Waals surface area contributed by atoms with Gasteiger partial charge in [-0.25, -0.2) is 0 Å². The van der Waals surface area contributed by atoms with Crippen molar-refractivity contribution in [3.8, 4) is 0 Å². The van der Waals surface area contributed by atoms with Gasteiger partial charge in [0.25, 0.3) is 0 Å². The highest BCUT2D eigenvalue weighted by Crippen LogP contribution is 2.65. The monoisotopic (exact) mass is 399 g/mol. The SMILES string of the molecule is Cc1cc(C[C@@H](C)C2CCC3[C@@H]4CC[C@@H]5C[C@@H](C)CC[C@@H]5C4CC[C@@]32C)sn1. The van der Waals surface area contributed by atoms with Crippen molar-refractivity contribution in [2.75, 3.05) is 0 Å². The summed E-state index contributed by atoms with van der Waals surface area (Å²) in [6, 6.07) is 2.33. The average molecular weight is 400 g/mol. The van der Waals surface area contributed by atoms with Gasteiger partial charge in [0.2, 0.25) is 0 Å². The van der Waals surface area contributed by atoms with Crippen LogP contribution in [0.15, 0.2) is 6.07 Å². The van der Waals surface area contributed by atoms with Crippen LogP contribution in [-0.2, 0) is 6.42 Å². The van der Waals surface area contributed by atoms with E-state index in [-0.39, 0.29) is 0 Å². The van der Waals surface area contributed by atoms with E-state index in [0.717, 1.165) is 47.3 Å². The predicted octanol–water partition coefficient (Wildman–Crippen LogP) is 7.54. The summed E-state index contributed by atoms with van der Waals surface area (Å²) in [4.78, 5) is 1.52. The molecule has 1 aromatic heterocycles. The van der Waals surface area contributed by atoms with Crippen LogP contribution in [-0.4, -0.2) is 4.37 Å². The molecule has 0 aliphatic heterocycles. The van der Waals surface area contributed by atoms with Crippen LogP contribution >= 0.6 is 11.5 Å². The second-order valence-corrected chi connectivity index (χ2v) is 12.6. The summed E-state index contributed by atoms with van der Waals surface area (Å²) in [5, 5.41) is 0.